The lowest BCUT2D eigenvalue weighted by atomic mass is 10.0. The molecule has 0 radical (unpaired) electrons. The Morgan fingerprint density at radius 2 is 1.84 bits per heavy atom. The van der Waals surface area contributed by atoms with Crippen molar-refractivity contribution >= 4 is 28.9 Å². The lowest BCUT2D eigenvalue weighted by Crippen LogP contribution is -2.40. The van der Waals surface area contributed by atoms with Crippen LogP contribution >= 0.6 is 11.6 Å². The zero-order valence-corrected chi connectivity index (χ0v) is 10.9. The Morgan fingerprint density at radius 1 is 1.05 bits per heavy atom. The number of hydrogen-bond donors (Lipinski definition) is 2. The summed E-state index contributed by atoms with van der Waals surface area (Å²) < 4.78 is 0. The fourth-order valence-corrected chi connectivity index (χ4v) is 2.38. The molecule has 0 spiro atoms. The summed E-state index contributed by atoms with van der Waals surface area (Å²) in [7, 11) is 0. The Kier molecular flexibility index (Phi) is 3.13. The van der Waals surface area contributed by atoms with Crippen LogP contribution in [0.15, 0.2) is 48.5 Å². The summed E-state index contributed by atoms with van der Waals surface area (Å²) in [6, 6.07) is 15.2. The third kappa shape index (κ3) is 2.56. The summed E-state index contributed by atoms with van der Waals surface area (Å²) in [5.41, 5.74) is 2.78. The van der Waals surface area contributed by atoms with Gasteiger partial charge in [-0.1, -0.05) is 41.9 Å². The minimum absolute atomic E-state index is 0.0291. The molecule has 1 aliphatic heterocycles. The quantitative estimate of drug-likeness (QED) is 0.881. The molecular weight excluding hydrogens is 260 g/mol. The molecule has 0 aromatic heterocycles. The maximum atomic E-state index is 12.1. The monoisotopic (exact) mass is 272 g/mol. The summed E-state index contributed by atoms with van der Waals surface area (Å²) in [6.45, 7) is 0. The minimum Gasteiger partial charge on any atom is -0.372 e. The van der Waals surface area contributed by atoms with Gasteiger partial charge in [-0.15, -0.1) is 0 Å². The van der Waals surface area contributed by atoms with Crippen molar-refractivity contribution in [3.8, 4) is 0 Å². The Hall–Kier alpha value is -2.00. The topological polar surface area (TPSA) is 41.1 Å². The van der Waals surface area contributed by atoms with Crippen LogP contribution in [0.5, 0.6) is 0 Å². The van der Waals surface area contributed by atoms with Gasteiger partial charge in [0, 0.05) is 11.4 Å². The van der Waals surface area contributed by atoms with E-state index < -0.39 is 0 Å². The second-order valence-corrected chi connectivity index (χ2v) is 5.00. The highest BCUT2D eigenvalue weighted by molar-refractivity contribution is 6.31. The van der Waals surface area contributed by atoms with Crippen LogP contribution in [-0.2, 0) is 11.2 Å². The van der Waals surface area contributed by atoms with Gasteiger partial charge in [0.05, 0.1) is 11.4 Å². The molecule has 0 fully saturated rings. The molecular formula is C15H13ClN2O. The first-order valence-electron chi connectivity index (χ1n) is 6.13. The van der Waals surface area contributed by atoms with Crippen LogP contribution in [0.4, 0.5) is 11.4 Å². The first-order valence-corrected chi connectivity index (χ1v) is 6.51. The smallest absolute Gasteiger partial charge is 0.247 e. The number of rotatable bonds is 2. The van der Waals surface area contributed by atoms with E-state index in [1.807, 2.05) is 42.5 Å². The van der Waals surface area contributed by atoms with Gasteiger partial charge >= 0.3 is 0 Å². The van der Waals surface area contributed by atoms with Gasteiger partial charge in [0.15, 0.2) is 0 Å². The van der Waals surface area contributed by atoms with E-state index in [2.05, 4.69) is 10.6 Å². The van der Waals surface area contributed by atoms with E-state index in [9.17, 15) is 4.79 Å². The van der Waals surface area contributed by atoms with Gasteiger partial charge in [-0.25, -0.2) is 0 Å². The first kappa shape index (κ1) is 12.1. The van der Waals surface area contributed by atoms with Gasteiger partial charge in [0.25, 0.3) is 0 Å². The molecule has 1 heterocycles. The van der Waals surface area contributed by atoms with E-state index in [1.54, 1.807) is 6.07 Å². The number of halogens is 1. The van der Waals surface area contributed by atoms with Crippen molar-refractivity contribution in [1.82, 2.24) is 0 Å². The highest BCUT2D eigenvalue weighted by Gasteiger charge is 2.25. The number of amides is 1. The number of fused-ring (bicyclic) bond motifs is 1. The number of carbonyl (C=O) groups excluding carboxylic acids is 1. The lowest BCUT2D eigenvalue weighted by molar-refractivity contribution is -0.117. The average molecular weight is 273 g/mol. The zero-order valence-electron chi connectivity index (χ0n) is 10.2. The Bertz CT molecular complexity index is 613. The summed E-state index contributed by atoms with van der Waals surface area (Å²) >= 11 is 5.91. The van der Waals surface area contributed by atoms with Gasteiger partial charge in [-0.05, 0) is 23.8 Å². The molecule has 1 atom stereocenters. The second-order valence-electron chi connectivity index (χ2n) is 4.57. The van der Waals surface area contributed by atoms with E-state index in [-0.39, 0.29) is 11.9 Å². The van der Waals surface area contributed by atoms with Crippen LogP contribution in [-0.4, -0.2) is 11.9 Å². The summed E-state index contributed by atoms with van der Waals surface area (Å²) in [4.78, 5) is 12.1. The van der Waals surface area contributed by atoms with E-state index in [0.29, 0.717) is 11.4 Å². The Labute approximate surface area is 116 Å². The number of hydrogen-bond acceptors (Lipinski definition) is 2. The highest BCUT2D eigenvalue weighted by Crippen LogP contribution is 2.30. The molecule has 0 saturated heterocycles. The molecule has 0 aliphatic carbocycles. The molecule has 19 heavy (non-hydrogen) atoms. The summed E-state index contributed by atoms with van der Waals surface area (Å²) in [5.74, 6) is -0.0291. The largest absolute Gasteiger partial charge is 0.372 e. The fourth-order valence-electron chi connectivity index (χ4n) is 2.21. The van der Waals surface area contributed by atoms with Crippen LogP contribution < -0.4 is 10.6 Å². The van der Waals surface area contributed by atoms with Crippen molar-refractivity contribution in [1.29, 1.82) is 0 Å². The van der Waals surface area contributed by atoms with Crippen LogP contribution in [0.3, 0.4) is 0 Å². The fraction of sp³-hybridized carbons (Fsp3) is 0.133. The molecule has 1 unspecified atom stereocenters. The Morgan fingerprint density at radius 3 is 2.63 bits per heavy atom. The summed E-state index contributed by atoms with van der Waals surface area (Å²) in [6.07, 6.45) is 0.661. The maximum absolute atomic E-state index is 12.1. The average Bonchev–Trinajstić information content (AvgIpc) is 2.41. The van der Waals surface area contributed by atoms with Crippen molar-refractivity contribution < 1.29 is 4.79 Å². The number of nitrogens with one attached hydrogen (secondary N) is 2. The van der Waals surface area contributed by atoms with Crippen LogP contribution in [0, 0.1) is 0 Å². The number of benzene rings is 2. The van der Waals surface area contributed by atoms with Gasteiger partial charge in [-0.3, -0.25) is 4.79 Å². The van der Waals surface area contributed by atoms with Crippen molar-refractivity contribution in [3.05, 3.63) is 59.1 Å². The van der Waals surface area contributed by atoms with Crippen LogP contribution in [0.1, 0.15) is 5.56 Å². The zero-order chi connectivity index (χ0) is 13.2. The summed E-state index contributed by atoms with van der Waals surface area (Å²) in [5, 5.41) is 6.75. The van der Waals surface area contributed by atoms with E-state index in [4.69, 9.17) is 11.6 Å². The maximum Gasteiger partial charge on any atom is 0.247 e. The molecule has 2 aromatic rings. The van der Waals surface area contributed by atoms with Crippen molar-refractivity contribution in [2.24, 2.45) is 0 Å². The van der Waals surface area contributed by atoms with E-state index in [0.717, 1.165) is 16.9 Å². The molecule has 96 valence electrons. The van der Waals surface area contributed by atoms with Crippen molar-refractivity contribution in [2.75, 3.05) is 10.6 Å². The number of carbonyl (C=O) groups is 1. The predicted octanol–water partition coefficient (Wildman–Crippen LogP) is 3.32. The Balaban J connectivity index is 1.82. The van der Waals surface area contributed by atoms with Gasteiger partial charge in [-0.2, -0.15) is 0 Å². The molecule has 0 bridgehead atoms. The van der Waals surface area contributed by atoms with Crippen LogP contribution in [0.2, 0.25) is 5.02 Å². The molecule has 1 aliphatic rings. The normalized spacial score (nSPS) is 17.3. The molecule has 2 aromatic carbocycles. The minimum atomic E-state index is -0.254. The van der Waals surface area contributed by atoms with Gasteiger partial charge in [0.2, 0.25) is 5.91 Å². The van der Waals surface area contributed by atoms with Crippen LogP contribution in [0.25, 0.3) is 0 Å². The molecule has 0 saturated carbocycles. The van der Waals surface area contributed by atoms with E-state index in [1.165, 1.54) is 0 Å². The third-order valence-electron chi connectivity index (χ3n) is 3.17. The van der Waals surface area contributed by atoms with Crippen molar-refractivity contribution in [3.63, 3.8) is 0 Å². The molecule has 2 N–H and O–H groups in total. The molecule has 3 nitrogen and oxygen atoms in total. The molecule has 1 amide bonds. The standard InChI is InChI=1S/C15H13ClN2O/c16-11-6-7-12-13(9-11)18-15(19)14(17-12)8-10-4-2-1-3-5-10/h1-7,9,14,17H,8H2,(H,18,19). The second kappa shape index (κ2) is 4.94. The van der Waals surface area contributed by atoms with Crippen molar-refractivity contribution in [2.45, 2.75) is 12.5 Å². The first-order chi connectivity index (χ1) is 9.22. The SMILES string of the molecule is O=C1Nc2cc(Cl)ccc2NC1Cc1ccccc1. The lowest BCUT2D eigenvalue weighted by Gasteiger charge is -2.27. The predicted molar refractivity (Wildman–Crippen MR) is 77.6 cm³/mol. The van der Waals surface area contributed by atoms with Gasteiger partial charge < -0.3 is 10.6 Å². The van der Waals surface area contributed by atoms with Gasteiger partial charge in [0.1, 0.15) is 6.04 Å². The highest BCUT2D eigenvalue weighted by atomic mass is 35.5. The molecule has 4 heteroatoms. The molecule has 3 rings (SSSR count). The third-order valence-corrected chi connectivity index (χ3v) is 3.40. The van der Waals surface area contributed by atoms with E-state index >= 15 is 0 Å². The number of anilines is 2.